The fourth-order valence-corrected chi connectivity index (χ4v) is 6.68. The Morgan fingerprint density at radius 1 is 0.900 bits per heavy atom. The van der Waals surface area contributed by atoms with Crippen LogP contribution in [0.2, 0.25) is 0 Å². The van der Waals surface area contributed by atoms with Crippen LogP contribution in [0, 0.1) is 6.92 Å². The molecule has 10 heteroatoms. The maximum absolute atomic E-state index is 14.0. The molecule has 7 nitrogen and oxygen atoms in total. The number of nitrogens with zero attached hydrogens (tertiary/aromatic N) is 2. The lowest BCUT2D eigenvalue weighted by Crippen LogP contribution is -2.52. The molecule has 40 heavy (non-hydrogen) atoms. The molecular formula is C30H33Br2N3O4S. The van der Waals surface area contributed by atoms with Crippen molar-refractivity contribution in [2.24, 2.45) is 0 Å². The summed E-state index contributed by atoms with van der Waals surface area (Å²) in [5.41, 5.74) is 2.10. The number of amides is 2. The lowest BCUT2D eigenvalue weighted by molar-refractivity contribution is -0.139. The summed E-state index contributed by atoms with van der Waals surface area (Å²) in [6.45, 7) is 3.27. The van der Waals surface area contributed by atoms with Gasteiger partial charge in [-0.3, -0.25) is 13.9 Å². The Kier molecular flexibility index (Phi) is 10.1. The molecule has 212 valence electrons. The predicted molar refractivity (Wildman–Crippen MR) is 164 cm³/mol. The highest BCUT2D eigenvalue weighted by atomic mass is 79.9. The van der Waals surface area contributed by atoms with Gasteiger partial charge in [0.1, 0.15) is 12.6 Å². The lowest BCUT2D eigenvalue weighted by Gasteiger charge is -2.32. The van der Waals surface area contributed by atoms with Gasteiger partial charge in [-0.2, -0.15) is 0 Å². The predicted octanol–water partition coefficient (Wildman–Crippen LogP) is 6.19. The summed E-state index contributed by atoms with van der Waals surface area (Å²) in [7, 11) is -4.09. The van der Waals surface area contributed by atoms with Crippen molar-refractivity contribution in [1.29, 1.82) is 0 Å². The van der Waals surface area contributed by atoms with Gasteiger partial charge < -0.3 is 10.2 Å². The second-order valence-corrected chi connectivity index (χ2v) is 13.8. The Balaban J connectivity index is 1.67. The van der Waals surface area contributed by atoms with Crippen LogP contribution in [-0.4, -0.2) is 43.8 Å². The third-order valence-corrected chi connectivity index (χ3v) is 9.98. The SMILES string of the molecule is Cc1ccc(S(=O)(=O)N(CC(=O)N(Cc2ccc(Br)cc2)[C@H](C)C(=O)NC2CCCC2)c2ccc(Br)cc2)cc1. The number of nitrogens with one attached hydrogen (secondary N) is 1. The van der Waals surface area contributed by atoms with Gasteiger partial charge in [-0.1, -0.05) is 74.5 Å². The van der Waals surface area contributed by atoms with Crippen LogP contribution < -0.4 is 9.62 Å². The fourth-order valence-electron chi connectivity index (χ4n) is 4.73. The summed E-state index contributed by atoms with van der Waals surface area (Å²) in [5.74, 6) is -0.718. The number of rotatable bonds is 10. The first-order valence-corrected chi connectivity index (χ1v) is 16.3. The number of hydrogen-bond acceptors (Lipinski definition) is 4. The second-order valence-electron chi connectivity index (χ2n) is 10.1. The van der Waals surface area contributed by atoms with E-state index >= 15 is 0 Å². The number of anilines is 1. The van der Waals surface area contributed by atoms with E-state index in [2.05, 4.69) is 37.2 Å². The standard InChI is InChI=1S/C30H33Br2N3O4S/c1-21-7-17-28(18-8-21)40(38,39)35(27-15-13-25(32)14-16-27)20-29(36)34(19-23-9-11-24(31)12-10-23)22(2)30(37)33-26-5-3-4-6-26/h7-18,22,26H,3-6,19-20H2,1-2H3,(H,33,37)/t22-/m1/s1. The average Bonchev–Trinajstić information content (AvgIpc) is 3.44. The summed E-state index contributed by atoms with van der Waals surface area (Å²) < 4.78 is 30.5. The zero-order chi connectivity index (χ0) is 28.9. The Morgan fingerprint density at radius 2 is 1.45 bits per heavy atom. The van der Waals surface area contributed by atoms with E-state index < -0.39 is 28.5 Å². The van der Waals surface area contributed by atoms with Crippen molar-refractivity contribution >= 4 is 59.4 Å². The first kappa shape index (κ1) is 30.3. The monoisotopic (exact) mass is 689 g/mol. The molecule has 1 saturated carbocycles. The van der Waals surface area contributed by atoms with Crippen molar-refractivity contribution in [3.8, 4) is 0 Å². The molecule has 4 rings (SSSR count). The maximum atomic E-state index is 14.0. The van der Waals surface area contributed by atoms with Gasteiger partial charge in [0, 0.05) is 21.5 Å². The largest absolute Gasteiger partial charge is 0.352 e. The summed E-state index contributed by atoms with van der Waals surface area (Å²) >= 11 is 6.83. The summed E-state index contributed by atoms with van der Waals surface area (Å²) in [6, 6.07) is 20.1. The van der Waals surface area contributed by atoms with Crippen LogP contribution in [0.3, 0.4) is 0 Å². The van der Waals surface area contributed by atoms with Crippen LogP contribution in [-0.2, 0) is 26.2 Å². The van der Waals surface area contributed by atoms with Crippen LogP contribution in [0.4, 0.5) is 5.69 Å². The van der Waals surface area contributed by atoms with Crippen molar-refractivity contribution in [3.05, 3.63) is 92.9 Å². The zero-order valence-corrected chi connectivity index (χ0v) is 26.5. The summed E-state index contributed by atoms with van der Waals surface area (Å²) in [5, 5.41) is 3.08. The molecule has 1 aliphatic rings. The fraction of sp³-hybridized carbons (Fsp3) is 0.333. The van der Waals surface area contributed by atoms with Crippen LogP contribution in [0.25, 0.3) is 0 Å². The van der Waals surface area contributed by atoms with Crippen LogP contribution in [0.15, 0.2) is 86.6 Å². The number of carbonyl (C=O) groups is 2. The average molecular weight is 691 g/mol. The van der Waals surface area contributed by atoms with Crippen molar-refractivity contribution in [2.45, 2.75) is 63.1 Å². The van der Waals surface area contributed by atoms with Crippen LogP contribution >= 0.6 is 31.9 Å². The Labute approximate surface area is 253 Å². The highest BCUT2D eigenvalue weighted by molar-refractivity contribution is 9.10. The van der Waals surface area contributed by atoms with Crippen molar-refractivity contribution in [3.63, 3.8) is 0 Å². The number of carbonyl (C=O) groups excluding carboxylic acids is 2. The molecule has 0 heterocycles. The van der Waals surface area contributed by atoms with Crippen LogP contribution in [0.5, 0.6) is 0 Å². The van der Waals surface area contributed by atoms with E-state index in [0.717, 1.165) is 50.1 Å². The first-order chi connectivity index (χ1) is 19.0. The molecule has 0 saturated heterocycles. The van der Waals surface area contributed by atoms with E-state index in [1.54, 1.807) is 43.3 Å². The molecule has 1 fully saturated rings. The number of hydrogen-bond donors (Lipinski definition) is 1. The molecule has 1 aliphatic carbocycles. The van der Waals surface area contributed by atoms with Gasteiger partial charge in [0.15, 0.2) is 0 Å². The summed E-state index contributed by atoms with van der Waals surface area (Å²) in [6.07, 6.45) is 3.98. The second kappa shape index (κ2) is 13.3. The number of aryl methyl sites for hydroxylation is 1. The highest BCUT2D eigenvalue weighted by Gasteiger charge is 2.33. The molecule has 1 N–H and O–H groups in total. The molecule has 2 amide bonds. The van der Waals surface area contributed by atoms with Crippen molar-refractivity contribution in [2.75, 3.05) is 10.8 Å². The molecule has 0 radical (unpaired) electrons. The molecule has 0 bridgehead atoms. The van der Waals surface area contributed by atoms with E-state index in [1.165, 1.54) is 17.0 Å². The first-order valence-electron chi connectivity index (χ1n) is 13.2. The van der Waals surface area contributed by atoms with Gasteiger partial charge in [0.25, 0.3) is 10.0 Å². The Hall–Kier alpha value is -2.69. The molecule has 3 aromatic rings. The quantitative estimate of drug-likeness (QED) is 0.275. The van der Waals surface area contributed by atoms with Crippen molar-refractivity contribution in [1.82, 2.24) is 10.2 Å². The van der Waals surface area contributed by atoms with Gasteiger partial charge in [0.05, 0.1) is 10.6 Å². The van der Waals surface area contributed by atoms with Gasteiger partial charge in [-0.25, -0.2) is 8.42 Å². The van der Waals surface area contributed by atoms with E-state index in [-0.39, 0.29) is 23.4 Å². The van der Waals surface area contributed by atoms with Gasteiger partial charge in [0.2, 0.25) is 11.8 Å². The van der Waals surface area contributed by atoms with E-state index in [4.69, 9.17) is 0 Å². The molecule has 0 aliphatic heterocycles. The smallest absolute Gasteiger partial charge is 0.264 e. The Morgan fingerprint density at radius 3 is 2.02 bits per heavy atom. The molecular weight excluding hydrogens is 658 g/mol. The molecule has 3 aromatic carbocycles. The third kappa shape index (κ3) is 7.53. The normalized spacial score (nSPS) is 14.5. The van der Waals surface area contributed by atoms with Crippen molar-refractivity contribution < 1.29 is 18.0 Å². The van der Waals surface area contributed by atoms with Gasteiger partial charge in [-0.05, 0) is 80.8 Å². The lowest BCUT2D eigenvalue weighted by atomic mass is 10.1. The molecule has 1 atom stereocenters. The third-order valence-electron chi connectivity index (χ3n) is 7.14. The molecule has 0 spiro atoms. The van der Waals surface area contributed by atoms with E-state index in [1.807, 2.05) is 31.2 Å². The van der Waals surface area contributed by atoms with E-state index in [0.29, 0.717) is 5.69 Å². The number of halogens is 2. The Bertz CT molecular complexity index is 1420. The van der Waals surface area contributed by atoms with Gasteiger partial charge >= 0.3 is 0 Å². The van der Waals surface area contributed by atoms with E-state index in [9.17, 15) is 18.0 Å². The molecule has 0 aromatic heterocycles. The topological polar surface area (TPSA) is 86.8 Å². The maximum Gasteiger partial charge on any atom is 0.264 e. The van der Waals surface area contributed by atoms with Gasteiger partial charge in [-0.15, -0.1) is 0 Å². The minimum atomic E-state index is -4.09. The number of sulfonamides is 1. The minimum Gasteiger partial charge on any atom is -0.352 e. The minimum absolute atomic E-state index is 0.0836. The highest BCUT2D eigenvalue weighted by Crippen LogP contribution is 2.27. The zero-order valence-electron chi connectivity index (χ0n) is 22.5. The number of benzene rings is 3. The summed E-state index contributed by atoms with van der Waals surface area (Å²) in [4.78, 5) is 28.8. The van der Waals surface area contributed by atoms with Crippen LogP contribution in [0.1, 0.15) is 43.7 Å². The molecule has 0 unspecified atom stereocenters.